The lowest BCUT2D eigenvalue weighted by molar-refractivity contribution is -0.121. The van der Waals surface area contributed by atoms with E-state index >= 15 is 0 Å². The van der Waals surface area contributed by atoms with Crippen LogP contribution < -0.4 is 10.6 Å². The molecule has 0 radical (unpaired) electrons. The smallest absolute Gasteiger partial charge is 0.322 e. The number of nitrogens with one attached hydrogen (secondary N) is 2. The van der Waals surface area contributed by atoms with Crippen molar-refractivity contribution >= 4 is 23.3 Å². The number of halogens is 1. The fraction of sp³-hybridized carbons (Fsp3) is 0.300. The van der Waals surface area contributed by atoms with E-state index in [-0.39, 0.29) is 11.8 Å². The molecule has 3 amide bonds. The zero-order valence-electron chi connectivity index (χ0n) is 14.8. The molecule has 1 aliphatic rings. The summed E-state index contributed by atoms with van der Waals surface area (Å²) < 4.78 is 13.4. The van der Waals surface area contributed by atoms with Crippen LogP contribution in [0, 0.1) is 11.7 Å². The van der Waals surface area contributed by atoms with E-state index in [0.717, 1.165) is 12.0 Å². The van der Waals surface area contributed by atoms with Gasteiger partial charge in [-0.25, -0.2) is 9.18 Å². The molecule has 3 rings (SSSR count). The molecule has 2 aromatic rings. The number of benzene rings is 2. The monoisotopic (exact) mass is 355 g/mol. The summed E-state index contributed by atoms with van der Waals surface area (Å²) in [6.07, 6.45) is 0.748. The molecule has 0 bridgehead atoms. The Balaban J connectivity index is 1.93. The Morgan fingerprint density at radius 1 is 1.31 bits per heavy atom. The van der Waals surface area contributed by atoms with Crippen molar-refractivity contribution in [3.63, 3.8) is 0 Å². The van der Waals surface area contributed by atoms with E-state index in [0.29, 0.717) is 17.9 Å². The molecular formula is C20H22FN3O2. The number of para-hydroxylation sites is 1. The minimum absolute atomic E-state index is 0.0254. The van der Waals surface area contributed by atoms with Gasteiger partial charge in [0.05, 0.1) is 6.54 Å². The topological polar surface area (TPSA) is 61.4 Å². The maximum absolute atomic E-state index is 13.4. The molecule has 0 aliphatic carbocycles. The highest BCUT2D eigenvalue weighted by atomic mass is 19.1. The van der Waals surface area contributed by atoms with Gasteiger partial charge in [0.2, 0.25) is 5.91 Å². The van der Waals surface area contributed by atoms with Crippen LogP contribution in [0.1, 0.15) is 25.8 Å². The molecule has 2 N–H and O–H groups in total. The molecule has 0 saturated heterocycles. The van der Waals surface area contributed by atoms with Gasteiger partial charge in [-0.2, -0.15) is 0 Å². The number of carbonyl (C=O) groups is 2. The van der Waals surface area contributed by atoms with Crippen LogP contribution in [0.25, 0.3) is 0 Å². The minimum atomic E-state index is -0.610. The third kappa shape index (κ3) is 3.69. The molecule has 5 nitrogen and oxygen atoms in total. The van der Waals surface area contributed by atoms with Gasteiger partial charge in [0, 0.05) is 11.4 Å². The first-order valence-corrected chi connectivity index (χ1v) is 8.71. The third-order valence-corrected chi connectivity index (χ3v) is 4.74. The SMILES string of the molecule is CCC(C)C1C(=O)Nc2ccccc2CN1C(=O)Nc1cccc(F)c1. The van der Waals surface area contributed by atoms with Crippen molar-refractivity contribution in [2.24, 2.45) is 5.92 Å². The van der Waals surface area contributed by atoms with Gasteiger partial charge >= 0.3 is 6.03 Å². The second-order valence-electron chi connectivity index (χ2n) is 6.55. The minimum Gasteiger partial charge on any atom is -0.324 e. The predicted octanol–water partition coefficient (Wildman–Crippen LogP) is 4.23. The zero-order valence-corrected chi connectivity index (χ0v) is 14.8. The van der Waals surface area contributed by atoms with Crippen molar-refractivity contribution in [3.05, 3.63) is 59.9 Å². The highest BCUT2D eigenvalue weighted by molar-refractivity contribution is 6.00. The van der Waals surface area contributed by atoms with Gasteiger partial charge in [-0.05, 0) is 35.7 Å². The largest absolute Gasteiger partial charge is 0.324 e. The molecule has 0 saturated carbocycles. The van der Waals surface area contributed by atoms with Crippen LogP contribution in [0.2, 0.25) is 0 Å². The van der Waals surface area contributed by atoms with Crippen molar-refractivity contribution in [2.75, 3.05) is 10.6 Å². The molecule has 2 aromatic carbocycles. The van der Waals surface area contributed by atoms with E-state index in [1.807, 2.05) is 38.1 Å². The average molecular weight is 355 g/mol. The van der Waals surface area contributed by atoms with Gasteiger partial charge in [-0.15, -0.1) is 0 Å². The van der Waals surface area contributed by atoms with Crippen LogP contribution in [-0.2, 0) is 11.3 Å². The number of amides is 3. The fourth-order valence-corrected chi connectivity index (χ4v) is 3.16. The highest BCUT2D eigenvalue weighted by Gasteiger charge is 2.36. The second-order valence-corrected chi connectivity index (χ2v) is 6.55. The van der Waals surface area contributed by atoms with Crippen molar-refractivity contribution < 1.29 is 14.0 Å². The first-order chi connectivity index (χ1) is 12.5. The van der Waals surface area contributed by atoms with Gasteiger partial charge in [0.1, 0.15) is 11.9 Å². The number of carbonyl (C=O) groups excluding carboxylic acids is 2. The Morgan fingerprint density at radius 2 is 2.08 bits per heavy atom. The number of urea groups is 1. The number of nitrogens with zero attached hydrogens (tertiary/aromatic N) is 1. The lowest BCUT2D eigenvalue weighted by Crippen LogP contribution is -2.50. The predicted molar refractivity (Wildman–Crippen MR) is 99.3 cm³/mol. The van der Waals surface area contributed by atoms with Crippen LogP contribution in [0.3, 0.4) is 0 Å². The molecule has 6 heteroatoms. The van der Waals surface area contributed by atoms with E-state index < -0.39 is 17.9 Å². The fourth-order valence-electron chi connectivity index (χ4n) is 3.16. The summed E-state index contributed by atoms with van der Waals surface area (Å²) in [4.78, 5) is 27.3. The molecule has 26 heavy (non-hydrogen) atoms. The molecule has 136 valence electrons. The Hall–Kier alpha value is -2.89. The van der Waals surface area contributed by atoms with Crippen LogP contribution >= 0.6 is 0 Å². The molecule has 1 heterocycles. The molecule has 2 unspecified atom stereocenters. The maximum atomic E-state index is 13.4. The molecule has 0 aromatic heterocycles. The van der Waals surface area contributed by atoms with E-state index in [1.54, 1.807) is 6.07 Å². The Bertz CT molecular complexity index is 824. The summed E-state index contributed by atoms with van der Waals surface area (Å²) in [7, 11) is 0. The number of hydrogen-bond donors (Lipinski definition) is 2. The van der Waals surface area contributed by atoms with Gasteiger partial charge in [0.15, 0.2) is 0 Å². The van der Waals surface area contributed by atoms with Crippen LogP contribution in [-0.4, -0.2) is 22.9 Å². The van der Waals surface area contributed by atoms with Gasteiger partial charge in [-0.1, -0.05) is 44.5 Å². The van der Waals surface area contributed by atoms with E-state index in [4.69, 9.17) is 0 Å². The third-order valence-electron chi connectivity index (χ3n) is 4.74. The summed E-state index contributed by atoms with van der Waals surface area (Å²) in [6.45, 7) is 4.23. The van der Waals surface area contributed by atoms with Crippen LogP contribution in [0.5, 0.6) is 0 Å². The average Bonchev–Trinajstić information content (AvgIpc) is 2.77. The first kappa shape index (κ1) is 17.9. The Labute approximate surface area is 152 Å². The quantitative estimate of drug-likeness (QED) is 0.866. The molecule has 0 spiro atoms. The van der Waals surface area contributed by atoms with Crippen LogP contribution in [0.4, 0.5) is 20.6 Å². The lowest BCUT2D eigenvalue weighted by Gasteiger charge is -2.32. The highest BCUT2D eigenvalue weighted by Crippen LogP contribution is 2.27. The number of rotatable bonds is 3. The Kier molecular flexibility index (Phi) is 5.21. The summed E-state index contributed by atoms with van der Waals surface area (Å²) in [5.74, 6) is -0.665. The van der Waals surface area contributed by atoms with E-state index in [2.05, 4.69) is 10.6 Å². The summed E-state index contributed by atoms with van der Waals surface area (Å²) in [6, 6.07) is 12.1. The Morgan fingerprint density at radius 3 is 2.81 bits per heavy atom. The van der Waals surface area contributed by atoms with E-state index in [9.17, 15) is 14.0 Å². The van der Waals surface area contributed by atoms with Gasteiger partial charge < -0.3 is 15.5 Å². The first-order valence-electron chi connectivity index (χ1n) is 8.71. The van der Waals surface area contributed by atoms with E-state index in [1.165, 1.54) is 23.1 Å². The molecule has 1 aliphatic heterocycles. The van der Waals surface area contributed by atoms with Gasteiger partial charge in [0.25, 0.3) is 0 Å². The van der Waals surface area contributed by atoms with Crippen molar-refractivity contribution in [3.8, 4) is 0 Å². The van der Waals surface area contributed by atoms with Gasteiger partial charge in [-0.3, -0.25) is 4.79 Å². The lowest BCUT2D eigenvalue weighted by atomic mass is 9.97. The number of fused-ring (bicyclic) bond motifs is 1. The molecule has 0 fully saturated rings. The van der Waals surface area contributed by atoms with Crippen molar-refractivity contribution in [1.82, 2.24) is 4.90 Å². The summed E-state index contributed by atoms with van der Waals surface area (Å²) in [5.41, 5.74) is 1.93. The zero-order chi connectivity index (χ0) is 18.7. The van der Waals surface area contributed by atoms with Crippen LogP contribution in [0.15, 0.2) is 48.5 Å². The van der Waals surface area contributed by atoms with Crippen molar-refractivity contribution in [1.29, 1.82) is 0 Å². The normalized spacial score (nSPS) is 17.7. The maximum Gasteiger partial charge on any atom is 0.322 e. The molecular weight excluding hydrogens is 333 g/mol. The second kappa shape index (κ2) is 7.56. The summed E-state index contributed by atoms with van der Waals surface area (Å²) in [5, 5.41) is 5.63. The summed E-state index contributed by atoms with van der Waals surface area (Å²) >= 11 is 0. The number of hydrogen-bond acceptors (Lipinski definition) is 2. The standard InChI is InChI=1S/C20H22FN3O2/c1-3-13(2)18-19(25)23-17-10-5-4-7-14(17)12-24(18)20(26)22-16-9-6-8-15(21)11-16/h4-11,13,18H,3,12H2,1-2H3,(H,22,26)(H,23,25). The molecule has 2 atom stereocenters. The number of anilines is 2. The van der Waals surface area contributed by atoms with Crippen molar-refractivity contribution in [2.45, 2.75) is 32.9 Å².